The Morgan fingerprint density at radius 3 is 2.72 bits per heavy atom. The van der Waals surface area contributed by atoms with Crippen molar-refractivity contribution in [2.24, 2.45) is 5.92 Å². The Kier molecular flexibility index (Phi) is 4.01. The van der Waals surface area contributed by atoms with Gasteiger partial charge in [-0.05, 0) is 25.0 Å². The van der Waals surface area contributed by atoms with Crippen LogP contribution in [0.2, 0.25) is 0 Å². The minimum Gasteiger partial charge on any atom is -0.467 e. The number of imide groups is 1. The van der Waals surface area contributed by atoms with E-state index < -0.39 is 5.54 Å². The lowest BCUT2D eigenvalue weighted by atomic mass is 9.81. The van der Waals surface area contributed by atoms with Gasteiger partial charge < -0.3 is 14.6 Å². The summed E-state index contributed by atoms with van der Waals surface area (Å²) in [4.78, 5) is 40.5. The number of nitrogens with one attached hydrogen (secondary N) is 1. The highest BCUT2D eigenvalue weighted by molar-refractivity contribution is 6.07. The van der Waals surface area contributed by atoms with E-state index in [-0.39, 0.29) is 23.8 Å². The molecular formula is C18H23N3O4. The summed E-state index contributed by atoms with van der Waals surface area (Å²) < 4.78 is 5.30. The van der Waals surface area contributed by atoms with Crippen molar-refractivity contribution in [1.29, 1.82) is 0 Å². The molecule has 1 saturated carbocycles. The maximum Gasteiger partial charge on any atom is 0.325 e. The van der Waals surface area contributed by atoms with Gasteiger partial charge in [0.1, 0.15) is 11.3 Å². The van der Waals surface area contributed by atoms with Gasteiger partial charge >= 0.3 is 6.03 Å². The Bertz CT molecular complexity index is 679. The largest absolute Gasteiger partial charge is 0.467 e. The lowest BCUT2D eigenvalue weighted by Gasteiger charge is -2.30. The number of hydrogen-bond donors (Lipinski definition) is 1. The molecule has 2 saturated heterocycles. The third-order valence-electron chi connectivity index (χ3n) is 5.62. The van der Waals surface area contributed by atoms with E-state index in [9.17, 15) is 14.4 Å². The second-order valence-electron chi connectivity index (χ2n) is 7.41. The summed E-state index contributed by atoms with van der Waals surface area (Å²) in [7, 11) is 0. The summed E-state index contributed by atoms with van der Waals surface area (Å²) in [6.07, 6.45) is 6.46. The highest BCUT2D eigenvalue weighted by Crippen LogP contribution is 2.34. The number of carbonyl (C=O) groups is 3. The van der Waals surface area contributed by atoms with Crippen LogP contribution in [0.3, 0.4) is 0 Å². The monoisotopic (exact) mass is 345 g/mol. The molecule has 1 aromatic rings. The van der Waals surface area contributed by atoms with Crippen molar-refractivity contribution < 1.29 is 18.8 Å². The average molecular weight is 345 g/mol. The van der Waals surface area contributed by atoms with Crippen molar-refractivity contribution >= 4 is 17.8 Å². The summed E-state index contributed by atoms with van der Waals surface area (Å²) in [5, 5.41) is 2.93. The molecule has 4 amide bonds. The number of urea groups is 1. The van der Waals surface area contributed by atoms with Gasteiger partial charge in [0.2, 0.25) is 5.91 Å². The van der Waals surface area contributed by atoms with Gasteiger partial charge in [0.25, 0.3) is 5.91 Å². The normalized spacial score (nSPS) is 25.9. The van der Waals surface area contributed by atoms with Crippen molar-refractivity contribution in [1.82, 2.24) is 15.1 Å². The SMILES string of the molecule is O=C1CC(CN2C(=O)NC3(CCCCC3)C2=O)CN1Cc1ccco1. The highest BCUT2D eigenvalue weighted by atomic mass is 16.3. The van der Waals surface area contributed by atoms with Gasteiger partial charge in [0.15, 0.2) is 0 Å². The van der Waals surface area contributed by atoms with Gasteiger partial charge in [-0.25, -0.2) is 4.79 Å². The third-order valence-corrected chi connectivity index (χ3v) is 5.62. The zero-order chi connectivity index (χ0) is 17.4. The van der Waals surface area contributed by atoms with Gasteiger partial charge in [0.05, 0.1) is 12.8 Å². The first-order valence-electron chi connectivity index (χ1n) is 9.02. The van der Waals surface area contributed by atoms with Crippen LogP contribution >= 0.6 is 0 Å². The molecule has 0 bridgehead atoms. The van der Waals surface area contributed by atoms with Gasteiger partial charge in [-0.15, -0.1) is 0 Å². The van der Waals surface area contributed by atoms with Crippen molar-refractivity contribution in [2.45, 2.75) is 50.6 Å². The molecule has 7 heteroatoms. The van der Waals surface area contributed by atoms with Gasteiger partial charge in [-0.1, -0.05) is 19.3 Å². The van der Waals surface area contributed by atoms with Crippen LogP contribution in [-0.2, 0) is 16.1 Å². The molecule has 0 aromatic carbocycles. The first-order chi connectivity index (χ1) is 12.1. The molecule has 1 aromatic heterocycles. The molecule has 1 atom stereocenters. The number of likely N-dealkylation sites (tertiary alicyclic amines) is 1. The molecule has 1 aliphatic carbocycles. The van der Waals surface area contributed by atoms with Crippen LogP contribution in [0.5, 0.6) is 0 Å². The van der Waals surface area contributed by atoms with E-state index in [0.717, 1.165) is 37.9 Å². The Morgan fingerprint density at radius 2 is 2.00 bits per heavy atom. The molecule has 2 aliphatic heterocycles. The summed E-state index contributed by atoms with van der Waals surface area (Å²) in [6, 6.07) is 3.33. The average Bonchev–Trinajstić information content (AvgIpc) is 3.27. The number of hydrogen-bond acceptors (Lipinski definition) is 4. The number of nitrogens with zero attached hydrogens (tertiary/aromatic N) is 2. The van der Waals surface area contributed by atoms with E-state index in [1.54, 1.807) is 17.2 Å². The van der Waals surface area contributed by atoms with Crippen molar-refractivity contribution in [3.63, 3.8) is 0 Å². The molecule has 1 unspecified atom stereocenters. The second-order valence-corrected chi connectivity index (χ2v) is 7.41. The minimum atomic E-state index is -0.689. The van der Waals surface area contributed by atoms with Crippen molar-refractivity contribution in [3.8, 4) is 0 Å². The van der Waals surface area contributed by atoms with E-state index in [4.69, 9.17) is 4.42 Å². The molecule has 3 aliphatic rings. The van der Waals surface area contributed by atoms with E-state index in [0.29, 0.717) is 26.1 Å². The minimum absolute atomic E-state index is 0.0177. The summed E-state index contributed by atoms with van der Waals surface area (Å²) in [5.41, 5.74) is -0.689. The van der Waals surface area contributed by atoms with E-state index in [1.165, 1.54) is 4.90 Å². The van der Waals surface area contributed by atoms with E-state index in [1.807, 2.05) is 6.07 Å². The maximum atomic E-state index is 12.8. The number of furan rings is 1. The van der Waals surface area contributed by atoms with Gasteiger partial charge in [-0.3, -0.25) is 14.5 Å². The van der Waals surface area contributed by atoms with E-state index in [2.05, 4.69) is 5.32 Å². The Balaban J connectivity index is 1.40. The smallest absolute Gasteiger partial charge is 0.325 e. The molecule has 134 valence electrons. The van der Waals surface area contributed by atoms with Crippen LogP contribution in [0.15, 0.2) is 22.8 Å². The quantitative estimate of drug-likeness (QED) is 0.845. The predicted molar refractivity (Wildman–Crippen MR) is 88.3 cm³/mol. The van der Waals surface area contributed by atoms with Crippen LogP contribution in [0.25, 0.3) is 0 Å². The van der Waals surface area contributed by atoms with Crippen LogP contribution in [-0.4, -0.2) is 46.3 Å². The van der Waals surface area contributed by atoms with Crippen LogP contribution in [0.1, 0.15) is 44.3 Å². The molecule has 7 nitrogen and oxygen atoms in total. The third kappa shape index (κ3) is 2.92. The van der Waals surface area contributed by atoms with Crippen LogP contribution in [0, 0.1) is 5.92 Å². The van der Waals surface area contributed by atoms with Gasteiger partial charge in [0, 0.05) is 25.4 Å². The highest BCUT2D eigenvalue weighted by Gasteiger charge is 2.52. The fourth-order valence-electron chi connectivity index (χ4n) is 4.31. The number of amides is 4. The van der Waals surface area contributed by atoms with Crippen LogP contribution < -0.4 is 5.32 Å². The zero-order valence-electron chi connectivity index (χ0n) is 14.2. The molecule has 25 heavy (non-hydrogen) atoms. The molecule has 1 spiro atoms. The molecule has 0 radical (unpaired) electrons. The lowest BCUT2D eigenvalue weighted by molar-refractivity contribution is -0.133. The lowest BCUT2D eigenvalue weighted by Crippen LogP contribution is -2.48. The first-order valence-corrected chi connectivity index (χ1v) is 9.02. The van der Waals surface area contributed by atoms with Gasteiger partial charge in [-0.2, -0.15) is 0 Å². The standard InChI is InChI=1S/C18H23N3O4/c22-15-9-13(10-20(15)12-14-5-4-8-25-14)11-21-16(23)18(19-17(21)24)6-2-1-3-7-18/h4-5,8,13H,1-3,6-7,9-12H2,(H,19,24). The Hall–Kier alpha value is -2.31. The Morgan fingerprint density at radius 1 is 1.20 bits per heavy atom. The predicted octanol–water partition coefficient (Wildman–Crippen LogP) is 1.88. The second kappa shape index (κ2) is 6.20. The van der Waals surface area contributed by atoms with Crippen molar-refractivity contribution in [2.75, 3.05) is 13.1 Å². The van der Waals surface area contributed by atoms with Crippen molar-refractivity contribution in [3.05, 3.63) is 24.2 Å². The molecule has 1 N–H and O–H groups in total. The summed E-state index contributed by atoms with van der Waals surface area (Å²) in [6.45, 7) is 1.29. The molecule has 3 heterocycles. The fraction of sp³-hybridized carbons (Fsp3) is 0.611. The first kappa shape index (κ1) is 16.2. The fourth-order valence-corrected chi connectivity index (χ4v) is 4.31. The number of rotatable bonds is 4. The number of carbonyl (C=O) groups excluding carboxylic acids is 3. The Labute approximate surface area is 146 Å². The molecular weight excluding hydrogens is 322 g/mol. The van der Waals surface area contributed by atoms with Crippen LogP contribution in [0.4, 0.5) is 4.79 Å². The van der Waals surface area contributed by atoms with E-state index >= 15 is 0 Å². The molecule has 4 rings (SSSR count). The molecule has 3 fully saturated rings. The maximum absolute atomic E-state index is 12.8. The summed E-state index contributed by atoms with van der Waals surface area (Å²) in [5.74, 6) is 0.663. The zero-order valence-corrected chi connectivity index (χ0v) is 14.2. The summed E-state index contributed by atoms with van der Waals surface area (Å²) >= 11 is 0. The topological polar surface area (TPSA) is 82.9 Å².